The summed E-state index contributed by atoms with van der Waals surface area (Å²) >= 11 is 6.25. The van der Waals surface area contributed by atoms with Crippen LogP contribution in [0.15, 0.2) is 49.1 Å². The van der Waals surface area contributed by atoms with Crippen molar-refractivity contribution < 1.29 is 14.6 Å². The molecule has 1 amide bonds. The molecule has 0 bridgehead atoms. The molecule has 10 heteroatoms. The van der Waals surface area contributed by atoms with Crippen molar-refractivity contribution in [2.75, 3.05) is 11.9 Å². The normalized spacial score (nSPS) is 11.7. The van der Waals surface area contributed by atoms with Gasteiger partial charge in [0.25, 0.3) is 5.91 Å². The molecule has 3 heterocycles. The van der Waals surface area contributed by atoms with E-state index in [1.54, 1.807) is 61.4 Å². The second-order valence-electron chi connectivity index (χ2n) is 7.88. The van der Waals surface area contributed by atoms with Crippen LogP contribution in [0.5, 0.6) is 5.75 Å². The molecule has 0 aliphatic rings. The van der Waals surface area contributed by atoms with Gasteiger partial charge in [-0.1, -0.05) is 11.6 Å². The van der Waals surface area contributed by atoms with Crippen molar-refractivity contribution in [1.29, 1.82) is 0 Å². The SMILES string of the molecule is CCOc1ccc(Cl)cc1-c1nn(CC(C)(C)O)cc1NC(=O)c1cnn2cccnc12. The standard InChI is InChI=1S/C22H23ClN6O3/c1-4-32-18-7-6-14(23)10-15(18)19-17(12-28(27-19)13-22(2,3)31)26-21(30)16-11-25-29-9-5-8-24-20(16)29/h5-12,31H,4,13H2,1-3H3,(H,26,30). The summed E-state index contributed by atoms with van der Waals surface area (Å²) in [6, 6.07) is 6.95. The summed E-state index contributed by atoms with van der Waals surface area (Å²) in [6.45, 7) is 5.92. The number of rotatable bonds is 7. The zero-order chi connectivity index (χ0) is 22.9. The van der Waals surface area contributed by atoms with Crippen LogP contribution in [0.25, 0.3) is 16.9 Å². The van der Waals surface area contributed by atoms with E-state index < -0.39 is 5.60 Å². The fourth-order valence-electron chi connectivity index (χ4n) is 3.33. The third kappa shape index (κ3) is 4.58. The molecule has 3 aromatic heterocycles. The van der Waals surface area contributed by atoms with Crippen LogP contribution in [0.1, 0.15) is 31.1 Å². The largest absolute Gasteiger partial charge is 0.493 e. The fraction of sp³-hybridized carbons (Fsp3) is 0.273. The second-order valence-corrected chi connectivity index (χ2v) is 8.31. The van der Waals surface area contributed by atoms with E-state index in [1.807, 2.05) is 6.92 Å². The molecule has 0 spiro atoms. The van der Waals surface area contributed by atoms with Crippen LogP contribution in [0.4, 0.5) is 5.69 Å². The molecule has 9 nitrogen and oxygen atoms in total. The first-order chi connectivity index (χ1) is 15.2. The zero-order valence-corrected chi connectivity index (χ0v) is 18.7. The summed E-state index contributed by atoms with van der Waals surface area (Å²) in [5.41, 5.74) is 1.29. The molecule has 0 unspecified atom stereocenters. The van der Waals surface area contributed by atoms with E-state index in [-0.39, 0.29) is 12.5 Å². The summed E-state index contributed by atoms with van der Waals surface area (Å²) in [7, 11) is 0. The lowest BCUT2D eigenvalue weighted by atomic mass is 10.1. The molecule has 0 aliphatic carbocycles. The highest BCUT2D eigenvalue weighted by atomic mass is 35.5. The Morgan fingerprint density at radius 2 is 2.16 bits per heavy atom. The van der Waals surface area contributed by atoms with Crippen LogP contribution in [0, 0.1) is 0 Å². The number of anilines is 1. The number of carbonyl (C=O) groups excluding carboxylic acids is 1. The third-order valence-electron chi connectivity index (χ3n) is 4.58. The van der Waals surface area contributed by atoms with E-state index in [9.17, 15) is 9.90 Å². The minimum Gasteiger partial charge on any atom is -0.493 e. The number of carbonyl (C=O) groups is 1. The van der Waals surface area contributed by atoms with Crippen molar-refractivity contribution in [3.63, 3.8) is 0 Å². The third-order valence-corrected chi connectivity index (χ3v) is 4.81. The smallest absolute Gasteiger partial charge is 0.261 e. The molecule has 4 aromatic rings. The van der Waals surface area contributed by atoms with Gasteiger partial charge in [0.1, 0.15) is 17.0 Å². The first-order valence-electron chi connectivity index (χ1n) is 10.1. The fourth-order valence-corrected chi connectivity index (χ4v) is 3.51. The number of benzene rings is 1. The highest BCUT2D eigenvalue weighted by Crippen LogP contribution is 2.36. The Hall–Kier alpha value is -3.43. The number of amides is 1. The summed E-state index contributed by atoms with van der Waals surface area (Å²) in [4.78, 5) is 17.3. The maximum Gasteiger partial charge on any atom is 0.261 e. The number of aliphatic hydroxyl groups is 1. The first kappa shape index (κ1) is 21.8. The first-order valence-corrected chi connectivity index (χ1v) is 10.5. The molecule has 4 rings (SSSR count). The average molecular weight is 455 g/mol. The highest BCUT2D eigenvalue weighted by molar-refractivity contribution is 6.31. The summed E-state index contributed by atoms with van der Waals surface area (Å²) < 4.78 is 8.86. The molecular weight excluding hydrogens is 432 g/mol. The molecule has 0 saturated carbocycles. The van der Waals surface area contributed by atoms with Crippen molar-refractivity contribution >= 4 is 28.8 Å². The summed E-state index contributed by atoms with van der Waals surface area (Å²) in [5, 5.41) is 22.4. The molecule has 1 aromatic carbocycles. The van der Waals surface area contributed by atoms with E-state index >= 15 is 0 Å². The van der Waals surface area contributed by atoms with Crippen LogP contribution < -0.4 is 10.1 Å². The topological polar surface area (TPSA) is 107 Å². The van der Waals surface area contributed by atoms with Gasteiger partial charge >= 0.3 is 0 Å². The van der Waals surface area contributed by atoms with E-state index in [4.69, 9.17) is 16.3 Å². The van der Waals surface area contributed by atoms with E-state index in [1.165, 1.54) is 10.7 Å². The van der Waals surface area contributed by atoms with Crippen molar-refractivity contribution in [2.24, 2.45) is 0 Å². The molecule has 0 aliphatic heterocycles. The lowest BCUT2D eigenvalue weighted by Gasteiger charge is -2.16. The lowest BCUT2D eigenvalue weighted by Crippen LogP contribution is -2.26. The van der Waals surface area contributed by atoms with Crippen LogP contribution in [-0.4, -0.2) is 47.6 Å². The summed E-state index contributed by atoms with van der Waals surface area (Å²) in [5.74, 6) is 0.196. The van der Waals surface area contributed by atoms with Crippen LogP contribution in [-0.2, 0) is 6.54 Å². The average Bonchev–Trinajstić information content (AvgIpc) is 3.32. The van der Waals surface area contributed by atoms with Crippen LogP contribution in [0.2, 0.25) is 5.02 Å². The Kier molecular flexibility index (Phi) is 5.86. The van der Waals surface area contributed by atoms with Crippen LogP contribution >= 0.6 is 11.6 Å². The molecule has 0 saturated heterocycles. The molecule has 0 atom stereocenters. The predicted octanol–water partition coefficient (Wildman–Crippen LogP) is 3.67. The quantitative estimate of drug-likeness (QED) is 0.441. The molecule has 0 fully saturated rings. The number of hydrogen-bond donors (Lipinski definition) is 2. The number of nitrogens with zero attached hydrogens (tertiary/aromatic N) is 5. The highest BCUT2D eigenvalue weighted by Gasteiger charge is 2.23. The van der Waals surface area contributed by atoms with E-state index in [0.29, 0.717) is 45.5 Å². The monoisotopic (exact) mass is 454 g/mol. The number of hydrogen-bond acceptors (Lipinski definition) is 6. The van der Waals surface area contributed by atoms with E-state index in [0.717, 1.165) is 0 Å². The molecule has 166 valence electrons. The van der Waals surface area contributed by atoms with Gasteiger partial charge in [-0.2, -0.15) is 10.2 Å². The van der Waals surface area contributed by atoms with Gasteiger partial charge in [-0.15, -0.1) is 0 Å². The summed E-state index contributed by atoms with van der Waals surface area (Å²) in [6.07, 6.45) is 6.44. The van der Waals surface area contributed by atoms with Crippen molar-refractivity contribution in [3.05, 3.63) is 59.6 Å². The minimum absolute atomic E-state index is 0.221. The number of aromatic nitrogens is 5. The van der Waals surface area contributed by atoms with Crippen LogP contribution in [0.3, 0.4) is 0 Å². The van der Waals surface area contributed by atoms with Gasteiger partial charge in [0.05, 0.1) is 30.6 Å². The second kappa shape index (κ2) is 8.60. The molecule has 0 radical (unpaired) electrons. The van der Waals surface area contributed by atoms with Gasteiger partial charge in [-0.25, -0.2) is 9.50 Å². The van der Waals surface area contributed by atoms with E-state index in [2.05, 4.69) is 20.5 Å². The molecular formula is C22H23ClN6O3. The number of nitrogens with one attached hydrogen (secondary N) is 1. The molecule has 32 heavy (non-hydrogen) atoms. The maximum absolute atomic E-state index is 13.1. The maximum atomic E-state index is 13.1. The van der Waals surface area contributed by atoms with Gasteiger partial charge in [0.15, 0.2) is 5.65 Å². The Labute approximate surface area is 189 Å². The minimum atomic E-state index is -1.01. The Balaban J connectivity index is 1.77. The Morgan fingerprint density at radius 1 is 1.34 bits per heavy atom. The van der Waals surface area contributed by atoms with Gasteiger partial charge in [0, 0.05) is 29.2 Å². The zero-order valence-electron chi connectivity index (χ0n) is 17.9. The van der Waals surface area contributed by atoms with Gasteiger partial charge < -0.3 is 15.2 Å². The Morgan fingerprint density at radius 3 is 2.91 bits per heavy atom. The van der Waals surface area contributed by atoms with Crippen molar-refractivity contribution in [1.82, 2.24) is 24.4 Å². The number of ether oxygens (including phenoxy) is 1. The number of fused-ring (bicyclic) bond motifs is 1. The lowest BCUT2D eigenvalue weighted by molar-refractivity contribution is 0.0578. The Bertz CT molecular complexity index is 1270. The van der Waals surface area contributed by atoms with Crippen molar-refractivity contribution in [3.8, 4) is 17.0 Å². The predicted molar refractivity (Wildman–Crippen MR) is 121 cm³/mol. The van der Waals surface area contributed by atoms with Gasteiger partial charge in [0.2, 0.25) is 0 Å². The van der Waals surface area contributed by atoms with Gasteiger partial charge in [-0.3, -0.25) is 9.48 Å². The number of halogens is 1. The van der Waals surface area contributed by atoms with Crippen molar-refractivity contribution in [2.45, 2.75) is 32.9 Å². The van der Waals surface area contributed by atoms with Gasteiger partial charge in [-0.05, 0) is 45.0 Å². The molecule has 2 N–H and O–H groups in total.